The Hall–Kier alpha value is -4.16. The molecule has 4 aromatic rings. The van der Waals surface area contributed by atoms with E-state index < -0.39 is 5.97 Å². The maximum atomic E-state index is 12.9. The molecule has 6 nitrogen and oxygen atoms in total. The van der Waals surface area contributed by atoms with Gasteiger partial charge in [-0.3, -0.25) is 9.59 Å². The predicted octanol–water partition coefficient (Wildman–Crippen LogP) is 5.68. The van der Waals surface area contributed by atoms with Gasteiger partial charge in [-0.25, -0.2) is 0 Å². The first-order valence-electron chi connectivity index (χ1n) is 13.4. The molecule has 0 aliphatic carbocycles. The van der Waals surface area contributed by atoms with Crippen molar-refractivity contribution in [1.82, 2.24) is 10.6 Å². The van der Waals surface area contributed by atoms with Crippen LogP contribution >= 0.6 is 0 Å². The third-order valence-electron chi connectivity index (χ3n) is 7.56. The van der Waals surface area contributed by atoms with E-state index in [1.165, 1.54) is 23.4 Å². The molecule has 0 fully saturated rings. The van der Waals surface area contributed by atoms with Crippen molar-refractivity contribution in [3.05, 3.63) is 113 Å². The van der Waals surface area contributed by atoms with Gasteiger partial charge in [0, 0.05) is 29.6 Å². The van der Waals surface area contributed by atoms with Gasteiger partial charge >= 0.3 is 5.97 Å². The summed E-state index contributed by atoms with van der Waals surface area (Å²) in [6, 6.07) is 29.2. The number of esters is 1. The van der Waals surface area contributed by atoms with Gasteiger partial charge < -0.3 is 20.1 Å². The number of para-hydroxylation sites is 1. The molecule has 0 bridgehead atoms. The van der Waals surface area contributed by atoms with E-state index in [-0.39, 0.29) is 30.5 Å². The zero-order valence-electron chi connectivity index (χ0n) is 22.6. The summed E-state index contributed by atoms with van der Waals surface area (Å²) >= 11 is 0. The van der Waals surface area contributed by atoms with Crippen LogP contribution in [0.25, 0.3) is 10.8 Å². The normalized spacial score (nSPS) is 17.1. The Kier molecular flexibility index (Phi) is 7.94. The Labute approximate surface area is 229 Å². The number of hydrogen-bond donors (Lipinski definition) is 2. The third kappa shape index (κ3) is 5.81. The van der Waals surface area contributed by atoms with Gasteiger partial charge in [-0.05, 0) is 59.9 Å². The summed E-state index contributed by atoms with van der Waals surface area (Å²) in [5.41, 5.74) is 4.83. The molecular formula is C33H34N2O4. The van der Waals surface area contributed by atoms with Crippen molar-refractivity contribution in [3.63, 3.8) is 0 Å². The highest BCUT2D eigenvalue weighted by Gasteiger charge is 2.30. The number of benzene rings is 4. The van der Waals surface area contributed by atoms with Gasteiger partial charge in [-0.1, -0.05) is 72.8 Å². The van der Waals surface area contributed by atoms with Crippen LogP contribution in [0, 0.1) is 6.92 Å². The van der Waals surface area contributed by atoms with Crippen molar-refractivity contribution < 1.29 is 19.1 Å². The van der Waals surface area contributed by atoms with Crippen LogP contribution in [0.5, 0.6) is 5.75 Å². The minimum atomic E-state index is -0.483. The number of ether oxygens (including phenoxy) is 2. The molecule has 1 heterocycles. The van der Waals surface area contributed by atoms with Crippen molar-refractivity contribution >= 4 is 22.6 Å². The van der Waals surface area contributed by atoms with E-state index in [0.29, 0.717) is 12.1 Å². The number of carbonyl (C=O) groups excluding carboxylic acids is 2. The number of rotatable bonds is 8. The summed E-state index contributed by atoms with van der Waals surface area (Å²) in [5, 5.41) is 8.85. The Morgan fingerprint density at radius 3 is 2.62 bits per heavy atom. The molecule has 6 heteroatoms. The van der Waals surface area contributed by atoms with Crippen LogP contribution in [-0.2, 0) is 9.53 Å². The molecule has 0 saturated heterocycles. The first-order chi connectivity index (χ1) is 18.9. The summed E-state index contributed by atoms with van der Waals surface area (Å²) < 4.78 is 11.1. The number of carbonyl (C=O) groups is 2. The fourth-order valence-electron chi connectivity index (χ4n) is 5.40. The van der Waals surface area contributed by atoms with Crippen molar-refractivity contribution in [2.24, 2.45) is 0 Å². The lowest BCUT2D eigenvalue weighted by Gasteiger charge is -2.33. The molecule has 5 rings (SSSR count). The zero-order valence-corrected chi connectivity index (χ0v) is 22.6. The van der Waals surface area contributed by atoms with E-state index in [9.17, 15) is 9.59 Å². The second-order valence-electron chi connectivity index (χ2n) is 10.1. The Bertz CT molecular complexity index is 1490. The third-order valence-corrected chi connectivity index (χ3v) is 7.56. The highest BCUT2D eigenvalue weighted by Crippen LogP contribution is 2.41. The van der Waals surface area contributed by atoms with Gasteiger partial charge in [0.2, 0.25) is 0 Å². The largest absolute Gasteiger partial charge is 0.489 e. The molecule has 39 heavy (non-hydrogen) atoms. The zero-order chi connectivity index (χ0) is 27.4. The Balaban J connectivity index is 1.36. The SMILES string of the molecule is COC(=O)CNC(=O)c1cc([C@@H]2C[C@H](CN[C@H](C)c3cccc4ccccc34)Oc3ccccc32)ccc1C. The van der Waals surface area contributed by atoms with E-state index in [1.807, 2.05) is 37.3 Å². The summed E-state index contributed by atoms with van der Waals surface area (Å²) in [5.74, 6) is 0.170. The molecule has 1 aliphatic heterocycles. The second kappa shape index (κ2) is 11.7. The average Bonchev–Trinajstić information content (AvgIpc) is 2.98. The maximum Gasteiger partial charge on any atom is 0.325 e. The number of amides is 1. The molecular weight excluding hydrogens is 488 g/mol. The minimum Gasteiger partial charge on any atom is -0.489 e. The Morgan fingerprint density at radius 1 is 1.00 bits per heavy atom. The number of nitrogens with one attached hydrogen (secondary N) is 2. The second-order valence-corrected chi connectivity index (χ2v) is 10.1. The van der Waals surface area contributed by atoms with E-state index in [4.69, 9.17) is 4.74 Å². The number of methoxy groups -OCH3 is 1. The number of hydrogen-bond acceptors (Lipinski definition) is 5. The summed E-state index contributed by atoms with van der Waals surface area (Å²) in [4.78, 5) is 24.4. The van der Waals surface area contributed by atoms with E-state index in [0.717, 1.165) is 28.9 Å². The molecule has 1 aliphatic rings. The van der Waals surface area contributed by atoms with Crippen LogP contribution in [0.15, 0.2) is 84.9 Å². The highest BCUT2D eigenvalue weighted by atomic mass is 16.5. The first kappa shape index (κ1) is 26.4. The average molecular weight is 523 g/mol. The van der Waals surface area contributed by atoms with Crippen molar-refractivity contribution in [2.45, 2.75) is 38.3 Å². The van der Waals surface area contributed by atoms with E-state index in [1.54, 1.807) is 0 Å². The van der Waals surface area contributed by atoms with Crippen molar-refractivity contribution in [2.75, 3.05) is 20.2 Å². The fraction of sp³-hybridized carbons (Fsp3) is 0.273. The van der Waals surface area contributed by atoms with Crippen LogP contribution in [0.1, 0.15) is 57.9 Å². The number of fused-ring (bicyclic) bond motifs is 2. The molecule has 4 aromatic carbocycles. The lowest BCUT2D eigenvalue weighted by atomic mass is 9.83. The van der Waals surface area contributed by atoms with Crippen molar-refractivity contribution in [1.29, 1.82) is 0 Å². The summed E-state index contributed by atoms with van der Waals surface area (Å²) in [6.07, 6.45) is 0.735. The quantitative estimate of drug-likeness (QED) is 0.291. The molecule has 200 valence electrons. The molecule has 1 amide bonds. The van der Waals surface area contributed by atoms with Gasteiger partial charge in [0.05, 0.1) is 7.11 Å². The first-order valence-corrected chi connectivity index (χ1v) is 13.4. The predicted molar refractivity (Wildman–Crippen MR) is 153 cm³/mol. The number of aryl methyl sites for hydroxylation is 1. The standard InChI is InChI=1S/C33H34N2O4/c1-21-15-16-24(17-29(21)33(37)35-20-32(36)38-3)30-18-25(39-31-14-7-6-12-28(30)31)19-34-22(2)26-13-8-10-23-9-4-5-11-27(23)26/h4-17,22,25,30,34H,18-20H2,1-3H3,(H,35,37)/t22-,25-,30+/m1/s1. The van der Waals surface area contributed by atoms with E-state index in [2.05, 4.69) is 76.9 Å². The van der Waals surface area contributed by atoms with Crippen LogP contribution in [0.4, 0.5) is 0 Å². The molecule has 0 saturated carbocycles. The summed E-state index contributed by atoms with van der Waals surface area (Å²) in [7, 11) is 1.30. The fourth-order valence-corrected chi connectivity index (χ4v) is 5.40. The monoisotopic (exact) mass is 522 g/mol. The highest BCUT2D eigenvalue weighted by molar-refractivity contribution is 5.97. The molecule has 3 atom stereocenters. The van der Waals surface area contributed by atoms with Crippen LogP contribution in [-0.4, -0.2) is 38.2 Å². The summed E-state index contributed by atoms with van der Waals surface area (Å²) in [6.45, 7) is 4.61. The molecule has 0 unspecified atom stereocenters. The molecule has 0 radical (unpaired) electrons. The van der Waals surface area contributed by atoms with Gasteiger partial charge in [0.15, 0.2) is 0 Å². The molecule has 0 aromatic heterocycles. The van der Waals surface area contributed by atoms with Gasteiger partial charge in [0.1, 0.15) is 18.4 Å². The van der Waals surface area contributed by atoms with Crippen LogP contribution in [0.2, 0.25) is 0 Å². The minimum absolute atomic E-state index is 0.0415. The van der Waals surface area contributed by atoms with E-state index >= 15 is 0 Å². The van der Waals surface area contributed by atoms with Gasteiger partial charge in [-0.15, -0.1) is 0 Å². The van der Waals surface area contributed by atoms with Crippen LogP contribution in [0.3, 0.4) is 0 Å². The Morgan fingerprint density at radius 2 is 1.77 bits per heavy atom. The molecule has 0 spiro atoms. The maximum absolute atomic E-state index is 12.9. The smallest absolute Gasteiger partial charge is 0.325 e. The lowest BCUT2D eigenvalue weighted by Crippen LogP contribution is -2.37. The molecule has 2 N–H and O–H groups in total. The van der Waals surface area contributed by atoms with Gasteiger partial charge in [0.25, 0.3) is 5.91 Å². The lowest BCUT2D eigenvalue weighted by molar-refractivity contribution is -0.139. The van der Waals surface area contributed by atoms with Crippen molar-refractivity contribution in [3.8, 4) is 5.75 Å². The van der Waals surface area contributed by atoms with Gasteiger partial charge in [-0.2, -0.15) is 0 Å². The van der Waals surface area contributed by atoms with Crippen LogP contribution < -0.4 is 15.4 Å². The topological polar surface area (TPSA) is 76.7 Å².